The van der Waals surface area contributed by atoms with Crippen molar-refractivity contribution in [1.82, 2.24) is 4.31 Å². The summed E-state index contributed by atoms with van der Waals surface area (Å²) in [4.78, 5) is 9.21. The second-order valence-electron chi connectivity index (χ2n) is 4.46. The highest BCUT2D eigenvalue weighted by molar-refractivity contribution is 7.89. The molecule has 1 fully saturated rings. The number of non-ortho nitro benzene ring substituents is 1. The summed E-state index contributed by atoms with van der Waals surface area (Å²) in [6, 6.07) is 2.40. The molecule has 116 valence electrons. The lowest BCUT2D eigenvalue weighted by Crippen LogP contribution is -2.48. The van der Waals surface area contributed by atoms with Gasteiger partial charge in [0.25, 0.3) is 5.69 Å². The fourth-order valence-corrected chi connectivity index (χ4v) is 3.54. The monoisotopic (exact) mass is 319 g/mol. The number of hydrogen-bond acceptors (Lipinski definition) is 6. The molecule has 0 radical (unpaired) electrons. The second kappa shape index (κ2) is 6.02. The van der Waals surface area contributed by atoms with E-state index >= 15 is 0 Å². The average Bonchev–Trinajstić information content (AvgIpc) is 2.47. The van der Waals surface area contributed by atoms with Gasteiger partial charge in [-0.05, 0) is 6.07 Å². The minimum absolute atomic E-state index is 0.0129. The number of nitro benzene ring substituents is 1. The minimum atomic E-state index is -4.17. The molecule has 1 aliphatic heterocycles. The Morgan fingerprint density at radius 2 is 2.24 bits per heavy atom. The summed E-state index contributed by atoms with van der Waals surface area (Å²) in [6.45, 7) is 0.295. The predicted molar refractivity (Wildman–Crippen MR) is 70.6 cm³/mol. The highest BCUT2D eigenvalue weighted by Gasteiger charge is 2.33. The second-order valence-corrected chi connectivity index (χ2v) is 6.37. The highest BCUT2D eigenvalue weighted by atomic mass is 32.2. The third-order valence-corrected chi connectivity index (χ3v) is 4.99. The standard InChI is InChI=1S/C11H14FN3O5S/c12-10-2-1-8(15(16)17)5-11(10)21(18,19)14-3-4-20-9(6-13)7-14/h1-2,5,9H,3-4,6-7,13H2. The lowest BCUT2D eigenvalue weighted by molar-refractivity contribution is -0.385. The summed E-state index contributed by atoms with van der Waals surface area (Å²) in [7, 11) is -4.17. The Balaban J connectivity index is 2.39. The Bertz CT molecular complexity index is 651. The van der Waals surface area contributed by atoms with Gasteiger partial charge in [-0.15, -0.1) is 0 Å². The number of rotatable bonds is 4. The molecule has 1 aliphatic rings. The van der Waals surface area contributed by atoms with Crippen molar-refractivity contribution >= 4 is 15.7 Å². The van der Waals surface area contributed by atoms with E-state index in [0.717, 1.165) is 22.5 Å². The molecule has 2 N–H and O–H groups in total. The first-order valence-electron chi connectivity index (χ1n) is 6.12. The zero-order valence-electron chi connectivity index (χ0n) is 10.9. The minimum Gasteiger partial charge on any atom is -0.374 e. The topological polar surface area (TPSA) is 116 Å². The summed E-state index contributed by atoms with van der Waals surface area (Å²) in [5.41, 5.74) is 4.94. The number of nitrogens with zero attached hydrogens (tertiary/aromatic N) is 2. The largest absolute Gasteiger partial charge is 0.374 e. The lowest BCUT2D eigenvalue weighted by Gasteiger charge is -2.31. The fourth-order valence-electron chi connectivity index (χ4n) is 2.00. The molecule has 1 atom stereocenters. The lowest BCUT2D eigenvalue weighted by atomic mass is 10.3. The molecule has 1 unspecified atom stereocenters. The van der Waals surface area contributed by atoms with Crippen LogP contribution in [0.25, 0.3) is 0 Å². The van der Waals surface area contributed by atoms with Gasteiger partial charge in [0.05, 0.1) is 17.6 Å². The third kappa shape index (κ3) is 3.18. The normalized spacial score (nSPS) is 20.4. The van der Waals surface area contributed by atoms with Crippen LogP contribution in [-0.2, 0) is 14.8 Å². The van der Waals surface area contributed by atoms with Gasteiger partial charge in [0.1, 0.15) is 10.7 Å². The van der Waals surface area contributed by atoms with Gasteiger partial charge in [0.15, 0.2) is 0 Å². The van der Waals surface area contributed by atoms with Crippen molar-refractivity contribution in [3.05, 3.63) is 34.1 Å². The zero-order valence-corrected chi connectivity index (χ0v) is 11.8. The van der Waals surface area contributed by atoms with Crippen LogP contribution in [0.3, 0.4) is 0 Å². The van der Waals surface area contributed by atoms with Crippen molar-refractivity contribution in [2.24, 2.45) is 5.73 Å². The van der Waals surface area contributed by atoms with E-state index in [1.54, 1.807) is 0 Å². The average molecular weight is 319 g/mol. The van der Waals surface area contributed by atoms with Crippen molar-refractivity contribution in [2.45, 2.75) is 11.0 Å². The van der Waals surface area contributed by atoms with Crippen LogP contribution in [0.2, 0.25) is 0 Å². The molecule has 10 heteroatoms. The summed E-state index contributed by atoms with van der Waals surface area (Å²) >= 11 is 0. The third-order valence-electron chi connectivity index (χ3n) is 3.11. The van der Waals surface area contributed by atoms with Gasteiger partial charge in [-0.25, -0.2) is 12.8 Å². The number of morpholine rings is 1. The van der Waals surface area contributed by atoms with Gasteiger partial charge in [0, 0.05) is 31.8 Å². The molecule has 2 rings (SSSR count). The van der Waals surface area contributed by atoms with E-state index in [0.29, 0.717) is 0 Å². The Morgan fingerprint density at radius 3 is 2.86 bits per heavy atom. The number of hydrogen-bond donors (Lipinski definition) is 1. The quantitative estimate of drug-likeness (QED) is 0.621. The number of nitrogens with two attached hydrogens (primary N) is 1. The van der Waals surface area contributed by atoms with Crippen LogP contribution >= 0.6 is 0 Å². The number of ether oxygens (including phenoxy) is 1. The first-order valence-corrected chi connectivity index (χ1v) is 7.56. The molecule has 1 saturated heterocycles. The van der Waals surface area contributed by atoms with E-state index in [-0.39, 0.29) is 26.2 Å². The van der Waals surface area contributed by atoms with Gasteiger partial charge in [-0.1, -0.05) is 0 Å². The molecule has 0 spiro atoms. The van der Waals surface area contributed by atoms with Gasteiger partial charge in [-0.2, -0.15) is 4.31 Å². The molecule has 21 heavy (non-hydrogen) atoms. The van der Waals surface area contributed by atoms with Crippen LogP contribution in [0.4, 0.5) is 10.1 Å². The van der Waals surface area contributed by atoms with Crippen LogP contribution in [0.1, 0.15) is 0 Å². The maximum absolute atomic E-state index is 13.8. The highest BCUT2D eigenvalue weighted by Crippen LogP contribution is 2.25. The van der Waals surface area contributed by atoms with Crippen LogP contribution in [0.15, 0.2) is 23.1 Å². The molecule has 1 aromatic rings. The molecule has 8 nitrogen and oxygen atoms in total. The summed E-state index contributed by atoms with van der Waals surface area (Å²) in [5, 5.41) is 10.7. The van der Waals surface area contributed by atoms with Crippen molar-refractivity contribution in [3.8, 4) is 0 Å². The Hall–Kier alpha value is -1.62. The fraction of sp³-hybridized carbons (Fsp3) is 0.455. The number of halogens is 1. The van der Waals surface area contributed by atoms with Crippen LogP contribution in [-0.4, -0.2) is 50.0 Å². The van der Waals surface area contributed by atoms with Crippen molar-refractivity contribution in [1.29, 1.82) is 0 Å². The van der Waals surface area contributed by atoms with E-state index in [1.165, 1.54) is 0 Å². The van der Waals surface area contributed by atoms with Gasteiger partial charge < -0.3 is 10.5 Å². The van der Waals surface area contributed by atoms with E-state index < -0.39 is 37.5 Å². The number of nitro groups is 1. The van der Waals surface area contributed by atoms with E-state index in [9.17, 15) is 22.9 Å². The van der Waals surface area contributed by atoms with Crippen LogP contribution in [0.5, 0.6) is 0 Å². The van der Waals surface area contributed by atoms with Crippen molar-refractivity contribution in [3.63, 3.8) is 0 Å². The first-order chi connectivity index (χ1) is 9.86. The maximum atomic E-state index is 13.8. The van der Waals surface area contributed by atoms with Gasteiger partial charge in [-0.3, -0.25) is 10.1 Å². The van der Waals surface area contributed by atoms with Crippen LogP contribution in [0, 0.1) is 15.9 Å². The van der Waals surface area contributed by atoms with E-state index in [4.69, 9.17) is 10.5 Å². The van der Waals surface area contributed by atoms with Crippen molar-refractivity contribution < 1.29 is 22.5 Å². The molecular weight excluding hydrogens is 305 g/mol. The molecule has 1 aromatic carbocycles. The summed E-state index contributed by atoms with van der Waals surface area (Å²) in [5.74, 6) is -1.03. The first kappa shape index (κ1) is 15.8. The zero-order chi connectivity index (χ0) is 15.6. The number of sulfonamides is 1. The predicted octanol–water partition coefficient (Wildman–Crippen LogP) is 0.0821. The van der Waals surface area contributed by atoms with Gasteiger partial charge >= 0.3 is 0 Å². The molecule has 0 aliphatic carbocycles. The summed E-state index contributed by atoms with van der Waals surface area (Å²) in [6.07, 6.45) is -0.477. The van der Waals surface area contributed by atoms with E-state index in [1.807, 2.05) is 0 Å². The molecule has 1 heterocycles. The Labute approximate surface area is 120 Å². The van der Waals surface area contributed by atoms with E-state index in [2.05, 4.69) is 0 Å². The molecule has 0 bridgehead atoms. The smallest absolute Gasteiger partial charge is 0.270 e. The molecular formula is C11H14FN3O5S. The molecule has 0 saturated carbocycles. The Kier molecular flexibility index (Phi) is 4.52. The van der Waals surface area contributed by atoms with Crippen LogP contribution < -0.4 is 5.73 Å². The number of benzene rings is 1. The summed E-state index contributed by atoms with van der Waals surface area (Å²) < 4.78 is 44.9. The molecule has 0 amide bonds. The SMILES string of the molecule is NCC1CN(S(=O)(=O)c2cc([N+](=O)[O-])ccc2F)CCO1. The van der Waals surface area contributed by atoms with Gasteiger partial charge in [0.2, 0.25) is 10.0 Å². The Morgan fingerprint density at radius 1 is 1.52 bits per heavy atom. The van der Waals surface area contributed by atoms with Crippen molar-refractivity contribution in [2.75, 3.05) is 26.2 Å². The molecule has 0 aromatic heterocycles. The maximum Gasteiger partial charge on any atom is 0.270 e.